The van der Waals surface area contributed by atoms with E-state index in [0.29, 0.717) is 30.3 Å². The molecule has 0 saturated heterocycles. The van der Waals surface area contributed by atoms with Gasteiger partial charge >= 0.3 is 0 Å². The van der Waals surface area contributed by atoms with Crippen molar-refractivity contribution in [2.75, 3.05) is 27.5 Å². The van der Waals surface area contributed by atoms with Gasteiger partial charge in [-0.25, -0.2) is 0 Å². The number of aromatic nitrogens is 1. The lowest BCUT2D eigenvalue weighted by atomic mass is 9.98. The molecule has 0 amide bonds. The van der Waals surface area contributed by atoms with Crippen molar-refractivity contribution in [1.82, 2.24) is 9.47 Å². The third-order valence-corrected chi connectivity index (χ3v) is 7.38. The van der Waals surface area contributed by atoms with E-state index in [1.165, 1.54) is 5.56 Å². The van der Waals surface area contributed by atoms with Crippen molar-refractivity contribution in [3.05, 3.63) is 88.3 Å². The molecule has 0 N–H and O–H groups in total. The van der Waals surface area contributed by atoms with E-state index in [1.54, 1.807) is 14.2 Å². The molecule has 3 aromatic carbocycles. The van der Waals surface area contributed by atoms with Crippen LogP contribution in [0.1, 0.15) is 32.6 Å². The van der Waals surface area contributed by atoms with Gasteiger partial charge < -0.3 is 23.5 Å². The van der Waals surface area contributed by atoms with Crippen LogP contribution in [-0.2, 0) is 20.0 Å². The van der Waals surface area contributed by atoms with Crippen LogP contribution in [-0.4, -0.2) is 42.7 Å². The molecular formula is C31H30N2O5. The molecule has 0 radical (unpaired) electrons. The number of nitrogens with zero attached hydrogens (tertiary/aromatic N) is 2. The van der Waals surface area contributed by atoms with Crippen LogP contribution in [0, 0.1) is 6.92 Å². The van der Waals surface area contributed by atoms with Crippen LogP contribution in [0.2, 0.25) is 0 Å². The van der Waals surface area contributed by atoms with Crippen molar-refractivity contribution < 1.29 is 23.7 Å². The van der Waals surface area contributed by atoms with Gasteiger partial charge in [-0.15, -0.1) is 0 Å². The summed E-state index contributed by atoms with van der Waals surface area (Å²) >= 11 is 0. The average Bonchev–Trinajstić information content (AvgIpc) is 3.44. The van der Waals surface area contributed by atoms with Gasteiger partial charge in [0.25, 0.3) is 0 Å². The number of aryl methyl sites for hydroxylation is 2. The van der Waals surface area contributed by atoms with Crippen LogP contribution < -0.4 is 18.9 Å². The van der Waals surface area contributed by atoms with E-state index in [9.17, 15) is 4.79 Å². The van der Waals surface area contributed by atoms with E-state index < -0.39 is 0 Å². The third kappa shape index (κ3) is 4.19. The van der Waals surface area contributed by atoms with Crippen LogP contribution in [0.5, 0.6) is 23.0 Å². The van der Waals surface area contributed by atoms with E-state index in [-0.39, 0.29) is 5.78 Å². The maximum absolute atomic E-state index is 13.5. The van der Waals surface area contributed by atoms with Crippen LogP contribution in [0.3, 0.4) is 0 Å². The van der Waals surface area contributed by atoms with E-state index >= 15 is 0 Å². The number of carbonyl (C=O) groups excluding carboxylic acids is 1. The summed E-state index contributed by atoms with van der Waals surface area (Å²) in [6, 6.07) is 16.0. The van der Waals surface area contributed by atoms with Crippen LogP contribution in [0.4, 0.5) is 0 Å². The molecule has 0 aliphatic carbocycles. The number of hydrogen-bond donors (Lipinski definition) is 0. The zero-order valence-electron chi connectivity index (χ0n) is 22.0. The minimum atomic E-state index is -0.101. The standard InChI is InChI=1S/C31H30N2O5/c1-19-13-27-25(17-33(18-37-27)12-11-20-5-7-22(35-3)8-6-20)31-29(19)30(34)28(38-31)14-21-16-32(2)26-10-9-23(36-4)15-24(21)26/h5-10,13-16H,11-12,17-18H2,1-4H3/b28-14+. The molecule has 38 heavy (non-hydrogen) atoms. The highest BCUT2D eigenvalue weighted by Gasteiger charge is 2.35. The van der Waals surface area contributed by atoms with Crippen LogP contribution in [0.25, 0.3) is 17.0 Å². The van der Waals surface area contributed by atoms with Gasteiger partial charge in [-0.3, -0.25) is 9.69 Å². The fourth-order valence-electron chi connectivity index (χ4n) is 5.28. The fraction of sp³-hybridized carbons (Fsp3) is 0.258. The summed E-state index contributed by atoms with van der Waals surface area (Å²) in [6.45, 7) is 3.91. The average molecular weight is 511 g/mol. The molecule has 0 fully saturated rings. The molecule has 1 aromatic heterocycles. The van der Waals surface area contributed by atoms with Gasteiger partial charge in [0.2, 0.25) is 5.78 Å². The van der Waals surface area contributed by atoms with E-state index in [2.05, 4.69) is 17.0 Å². The topological polar surface area (TPSA) is 62.2 Å². The first-order valence-electron chi connectivity index (χ1n) is 12.7. The molecule has 0 saturated carbocycles. The first-order chi connectivity index (χ1) is 18.4. The largest absolute Gasteiger partial charge is 0.497 e. The van der Waals surface area contributed by atoms with Gasteiger partial charge in [-0.2, -0.15) is 0 Å². The fourth-order valence-corrected chi connectivity index (χ4v) is 5.28. The first-order valence-corrected chi connectivity index (χ1v) is 12.7. The molecule has 6 rings (SSSR count). The Morgan fingerprint density at radius 2 is 1.79 bits per heavy atom. The molecule has 0 unspecified atom stereocenters. The summed E-state index contributed by atoms with van der Waals surface area (Å²) in [7, 11) is 5.31. The SMILES string of the molecule is COc1ccc(CCN2COc3cc(C)c4c(c3C2)O/C(=C/c2cn(C)c3ccc(OC)cc23)C4=O)cc1. The lowest BCUT2D eigenvalue weighted by Gasteiger charge is -2.30. The monoisotopic (exact) mass is 510 g/mol. The highest BCUT2D eigenvalue weighted by atomic mass is 16.5. The minimum absolute atomic E-state index is 0.101. The lowest BCUT2D eigenvalue weighted by Crippen LogP contribution is -2.33. The number of ether oxygens (including phenoxy) is 4. The highest BCUT2D eigenvalue weighted by Crippen LogP contribution is 2.44. The minimum Gasteiger partial charge on any atom is -0.497 e. The predicted molar refractivity (Wildman–Crippen MR) is 146 cm³/mol. The van der Waals surface area contributed by atoms with Crippen LogP contribution >= 0.6 is 0 Å². The lowest BCUT2D eigenvalue weighted by molar-refractivity contribution is 0.0949. The number of methoxy groups -OCH3 is 2. The molecular weight excluding hydrogens is 480 g/mol. The number of allylic oxidation sites excluding steroid dienone is 1. The molecule has 7 nitrogen and oxygen atoms in total. The number of benzene rings is 3. The Morgan fingerprint density at radius 3 is 2.55 bits per heavy atom. The molecule has 2 aliphatic heterocycles. The Bertz CT molecular complexity index is 1580. The Balaban J connectivity index is 1.28. The van der Waals surface area contributed by atoms with Crippen molar-refractivity contribution in [3.8, 4) is 23.0 Å². The first kappa shape index (κ1) is 24.1. The molecule has 0 spiro atoms. The summed E-state index contributed by atoms with van der Waals surface area (Å²) in [6.07, 6.45) is 4.72. The van der Waals surface area contributed by atoms with Crippen molar-refractivity contribution in [2.24, 2.45) is 7.05 Å². The Hall–Kier alpha value is -4.23. The molecule has 2 aliphatic rings. The van der Waals surface area contributed by atoms with E-state index in [4.69, 9.17) is 18.9 Å². The molecule has 3 heterocycles. The second-order valence-corrected chi connectivity index (χ2v) is 9.82. The molecule has 194 valence electrons. The van der Waals surface area contributed by atoms with Crippen molar-refractivity contribution in [1.29, 1.82) is 0 Å². The molecule has 0 atom stereocenters. The van der Waals surface area contributed by atoms with Gasteiger partial charge in [-0.1, -0.05) is 12.1 Å². The number of rotatable bonds is 6. The Morgan fingerprint density at radius 1 is 1.03 bits per heavy atom. The van der Waals surface area contributed by atoms with Gasteiger partial charge in [0.15, 0.2) is 5.76 Å². The number of Topliss-reactive ketones (excluding diaryl/α,β-unsaturated/α-hetero) is 1. The smallest absolute Gasteiger partial charge is 0.232 e. The summed E-state index contributed by atoms with van der Waals surface area (Å²) in [5, 5.41) is 0.999. The van der Waals surface area contributed by atoms with Gasteiger partial charge in [0.1, 0.15) is 29.7 Å². The third-order valence-electron chi connectivity index (χ3n) is 7.38. The highest BCUT2D eigenvalue weighted by molar-refractivity contribution is 6.16. The number of ketones is 1. The zero-order valence-corrected chi connectivity index (χ0v) is 22.0. The summed E-state index contributed by atoms with van der Waals surface area (Å²) < 4.78 is 25.1. The Kier molecular flexibility index (Phi) is 6.08. The summed E-state index contributed by atoms with van der Waals surface area (Å²) in [4.78, 5) is 15.8. The maximum atomic E-state index is 13.5. The normalized spacial score (nSPS) is 15.8. The van der Waals surface area contributed by atoms with Crippen molar-refractivity contribution in [3.63, 3.8) is 0 Å². The quantitative estimate of drug-likeness (QED) is 0.319. The van der Waals surface area contributed by atoms with Crippen molar-refractivity contribution >= 4 is 22.8 Å². The Labute approximate surface area is 221 Å². The van der Waals surface area contributed by atoms with Gasteiger partial charge in [0.05, 0.1) is 25.3 Å². The van der Waals surface area contributed by atoms with Gasteiger partial charge in [-0.05, 0) is 66.9 Å². The number of carbonyl (C=O) groups is 1. The zero-order chi connectivity index (χ0) is 26.4. The molecule has 0 bridgehead atoms. The van der Waals surface area contributed by atoms with Gasteiger partial charge in [0, 0.05) is 42.8 Å². The van der Waals surface area contributed by atoms with E-state index in [1.807, 2.05) is 67.2 Å². The van der Waals surface area contributed by atoms with E-state index in [0.717, 1.165) is 57.8 Å². The molecule has 4 aromatic rings. The number of hydrogen-bond acceptors (Lipinski definition) is 6. The number of fused-ring (bicyclic) bond motifs is 4. The summed E-state index contributed by atoms with van der Waals surface area (Å²) in [5.41, 5.74) is 5.58. The second kappa shape index (κ2) is 9.58. The van der Waals surface area contributed by atoms with Crippen molar-refractivity contribution in [2.45, 2.75) is 19.9 Å². The maximum Gasteiger partial charge on any atom is 0.232 e. The molecule has 7 heteroatoms. The summed E-state index contributed by atoms with van der Waals surface area (Å²) in [5.74, 6) is 3.23. The predicted octanol–water partition coefficient (Wildman–Crippen LogP) is 5.51. The van der Waals surface area contributed by atoms with Crippen LogP contribution in [0.15, 0.2) is 60.5 Å². The second-order valence-electron chi connectivity index (χ2n) is 9.82.